The van der Waals surface area contributed by atoms with E-state index in [0.717, 1.165) is 5.75 Å². The van der Waals surface area contributed by atoms with E-state index in [1.807, 2.05) is 49.4 Å². The Hall–Kier alpha value is -3.64. The lowest BCUT2D eigenvalue weighted by Gasteiger charge is -2.16. The molecule has 0 saturated carbocycles. The molecule has 1 atom stereocenters. The summed E-state index contributed by atoms with van der Waals surface area (Å²) in [6.45, 7) is 4.07. The second kappa shape index (κ2) is 11.0. The molecule has 0 spiro atoms. The third kappa shape index (κ3) is 5.83. The highest BCUT2D eigenvalue weighted by molar-refractivity contribution is 6.31. The van der Waals surface area contributed by atoms with E-state index in [1.165, 1.54) is 0 Å². The molecule has 3 aromatic carbocycles. The Labute approximate surface area is 203 Å². The van der Waals surface area contributed by atoms with Gasteiger partial charge < -0.3 is 14.2 Å². The minimum atomic E-state index is -0.352. The van der Waals surface area contributed by atoms with Gasteiger partial charge in [-0.25, -0.2) is 9.97 Å². The Bertz CT molecular complexity index is 1260. The summed E-state index contributed by atoms with van der Waals surface area (Å²) in [5.74, 6) is 1.75. The summed E-state index contributed by atoms with van der Waals surface area (Å²) in [5.41, 5.74) is 1.86. The molecule has 7 heteroatoms. The molecule has 0 N–H and O–H groups in total. The number of hydrogen-bond acceptors (Lipinski definition) is 6. The summed E-state index contributed by atoms with van der Waals surface area (Å²) < 4.78 is 17.2. The molecule has 1 unspecified atom stereocenters. The van der Waals surface area contributed by atoms with E-state index in [4.69, 9.17) is 30.8 Å². The predicted molar refractivity (Wildman–Crippen MR) is 132 cm³/mol. The van der Waals surface area contributed by atoms with Crippen molar-refractivity contribution in [3.63, 3.8) is 0 Å². The van der Waals surface area contributed by atoms with E-state index < -0.39 is 0 Å². The van der Waals surface area contributed by atoms with E-state index in [0.29, 0.717) is 58.6 Å². The molecule has 0 aliphatic carbocycles. The average molecular weight is 477 g/mol. The SMILES string of the molecule is CCOC(=O)C(CC)Cc1nc2cc(Cl)ccc2nc1Oc1ccc(Oc2ccccc2)cc1. The van der Waals surface area contributed by atoms with Crippen molar-refractivity contribution in [1.82, 2.24) is 9.97 Å². The Balaban J connectivity index is 1.61. The molecule has 0 amide bonds. The molecule has 0 aliphatic heterocycles. The number of para-hydroxylation sites is 1. The number of aromatic nitrogens is 2. The number of carbonyl (C=O) groups is 1. The van der Waals surface area contributed by atoms with Crippen molar-refractivity contribution in [1.29, 1.82) is 0 Å². The first-order valence-corrected chi connectivity index (χ1v) is 11.6. The van der Waals surface area contributed by atoms with Gasteiger partial charge in [0.2, 0.25) is 5.88 Å². The van der Waals surface area contributed by atoms with Gasteiger partial charge in [-0.2, -0.15) is 0 Å². The van der Waals surface area contributed by atoms with E-state index in [9.17, 15) is 4.79 Å². The fraction of sp³-hybridized carbons (Fsp3) is 0.222. The largest absolute Gasteiger partial charge is 0.466 e. The van der Waals surface area contributed by atoms with E-state index in [1.54, 1.807) is 37.3 Å². The first kappa shape index (κ1) is 23.5. The molecule has 174 valence electrons. The summed E-state index contributed by atoms with van der Waals surface area (Å²) in [4.78, 5) is 21.8. The lowest BCUT2D eigenvalue weighted by molar-refractivity contribution is -0.148. The third-order valence-corrected chi connectivity index (χ3v) is 5.47. The fourth-order valence-electron chi connectivity index (χ4n) is 3.46. The van der Waals surface area contributed by atoms with Gasteiger partial charge in [0.15, 0.2) is 0 Å². The number of rotatable bonds is 9. The molecule has 6 nitrogen and oxygen atoms in total. The van der Waals surface area contributed by atoms with Crippen molar-refractivity contribution in [2.24, 2.45) is 5.92 Å². The maximum Gasteiger partial charge on any atom is 0.309 e. The first-order valence-electron chi connectivity index (χ1n) is 11.2. The lowest BCUT2D eigenvalue weighted by atomic mass is 10.0. The van der Waals surface area contributed by atoms with Crippen molar-refractivity contribution in [2.75, 3.05) is 6.61 Å². The van der Waals surface area contributed by atoms with E-state index in [2.05, 4.69) is 4.98 Å². The molecule has 0 saturated heterocycles. The van der Waals surface area contributed by atoms with Crippen LogP contribution in [0.15, 0.2) is 72.8 Å². The topological polar surface area (TPSA) is 70.5 Å². The molecular weight excluding hydrogens is 452 g/mol. The summed E-state index contributed by atoms with van der Waals surface area (Å²) in [5, 5.41) is 0.563. The molecule has 0 fully saturated rings. The van der Waals surface area contributed by atoms with E-state index in [-0.39, 0.29) is 11.9 Å². The number of nitrogens with zero attached hydrogens (tertiary/aromatic N) is 2. The Kier molecular flexibility index (Phi) is 7.60. The van der Waals surface area contributed by atoms with Crippen LogP contribution in [-0.4, -0.2) is 22.5 Å². The quantitative estimate of drug-likeness (QED) is 0.242. The number of esters is 1. The number of carbonyl (C=O) groups excluding carboxylic acids is 1. The van der Waals surface area contributed by atoms with Crippen molar-refractivity contribution in [3.8, 4) is 23.1 Å². The highest BCUT2D eigenvalue weighted by Gasteiger charge is 2.23. The van der Waals surface area contributed by atoms with Crippen LogP contribution in [0.5, 0.6) is 23.1 Å². The number of halogens is 1. The van der Waals surface area contributed by atoms with Crippen LogP contribution in [0.1, 0.15) is 26.0 Å². The average Bonchev–Trinajstić information content (AvgIpc) is 2.84. The summed E-state index contributed by atoms with van der Waals surface area (Å²) in [6.07, 6.45) is 0.953. The standard InChI is InChI=1S/C27H25ClN2O4/c1-3-18(27(31)32-4-2)16-25-26(30-23-15-10-19(28)17-24(23)29-25)34-22-13-11-21(12-14-22)33-20-8-6-5-7-9-20/h5-15,17-18H,3-4,16H2,1-2H3. The Morgan fingerprint density at radius 3 is 2.21 bits per heavy atom. The molecule has 0 radical (unpaired) electrons. The Morgan fingerprint density at radius 1 is 0.853 bits per heavy atom. The number of hydrogen-bond donors (Lipinski definition) is 0. The van der Waals surface area contributed by atoms with Crippen LogP contribution < -0.4 is 9.47 Å². The molecular formula is C27H25ClN2O4. The number of fused-ring (bicyclic) bond motifs is 1. The van der Waals surface area contributed by atoms with Gasteiger partial charge in [0, 0.05) is 11.4 Å². The van der Waals surface area contributed by atoms with Gasteiger partial charge in [-0.15, -0.1) is 0 Å². The number of ether oxygens (including phenoxy) is 3. The lowest BCUT2D eigenvalue weighted by Crippen LogP contribution is -2.20. The maximum absolute atomic E-state index is 12.4. The van der Waals surface area contributed by atoms with Crippen molar-refractivity contribution in [3.05, 3.63) is 83.5 Å². The van der Waals surface area contributed by atoms with Crippen LogP contribution in [0.4, 0.5) is 0 Å². The molecule has 1 heterocycles. The van der Waals surface area contributed by atoms with Gasteiger partial charge in [0.1, 0.15) is 22.9 Å². The zero-order valence-electron chi connectivity index (χ0n) is 19.0. The van der Waals surface area contributed by atoms with Gasteiger partial charge in [-0.3, -0.25) is 4.79 Å². The van der Waals surface area contributed by atoms with Gasteiger partial charge in [0.25, 0.3) is 0 Å². The summed E-state index contributed by atoms with van der Waals surface area (Å²) in [6, 6.07) is 22.1. The fourth-order valence-corrected chi connectivity index (χ4v) is 3.63. The third-order valence-electron chi connectivity index (χ3n) is 5.23. The maximum atomic E-state index is 12.4. The molecule has 1 aromatic heterocycles. The minimum absolute atomic E-state index is 0.258. The normalized spacial score (nSPS) is 11.7. The Morgan fingerprint density at radius 2 is 1.53 bits per heavy atom. The zero-order chi connectivity index (χ0) is 23.9. The van der Waals surface area contributed by atoms with Gasteiger partial charge in [0.05, 0.1) is 23.6 Å². The van der Waals surface area contributed by atoms with Crippen LogP contribution in [0, 0.1) is 5.92 Å². The highest BCUT2D eigenvalue weighted by atomic mass is 35.5. The smallest absolute Gasteiger partial charge is 0.309 e. The van der Waals surface area contributed by atoms with Crippen LogP contribution in [0.2, 0.25) is 5.02 Å². The highest BCUT2D eigenvalue weighted by Crippen LogP contribution is 2.30. The van der Waals surface area contributed by atoms with Crippen molar-refractivity contribution < 1.29 is 19.0 Å². The first-order chi connectivity index (χ1) is 16.6. The van der Waals surface area contributed by atoms with Crippen LogP contribution >= 0.6 is 11.6 Å². The second-order valence-corrected chi connectivity index (χ2v) is 8.09. The predicted octanol–water partition coefficient (Wildman–Crippen LogP) is 7.00. The summed E-state index contributed by atoms with van der Waals surface area (Å²) >= 11 is 6.15. The second-order valence-electron chi connectivity index (χ2n) is 7.66. The van der Waals surface area contributed by atoms with Crippen LogP contribution in [-0.2, 0) is 16.0 Å². The molecule has 0 bridgehead atoms. The molecule has 34 heavy (non-hydrogen) atoms. The van der Waals surface area contributed by atoms with Crippen molar-refractivity contribution in [2.45, 2.75) is 26.7 Å². The summed E-state index contributed by atoms with van der Waals surface area (Å²) in [7, 11) is 0. The molecule has 4 rings (SSSR count). The van der Waals surface area contributed by atoms with Gasteiger partial charge in [-0.1, -0.05) is 36.7 Å². The minimum Gasteiger partial charge on any atom is -0.466 e. The molecule has 4 aromatic rings. The van der Waals surface area contributed by atoms with Crippen LogP contribution in [0.3, 0.4) is 0 Å². The van der Waals surface area contributed by atoms with Gasteiger partial charge >= 0.3 is 5.97 Å². The van der Waals surface area contributed by atoms with Crippen LogP contribution in [0.25, 0.3) is 11.0 Å². The molecule has 0 aliphatic rings. The van der Waals surface area contributed by atoms with Gasteiger partial charge in [-0.05, 0) is 67.9 Å². The van der Waals surface area contributed by atoms with Crippen molar-refractivity contribution >= 4 is 28.6 Å². The zero-order valence-corrected chi connectivity index (χ0v) is 19.8. The monoisotopic (exact) mass is 476 g/mol. The van der Waals surface area contributed by atoms with E-state index >= 15 is 0 Å². The number of benzene rings is 3.